The van der Waals surface area contributed by atoms with Crippen molar-refractivity contribution in [1.82, 2.24) is 0 Å². The van der Waals surface area contributed by atoms with Crippen molar-refractivity contribution in [2.75, 3.05) is 0 Å². The predicted octanol–water partition coefficient (Wildman–Crippen LogP) is 3.20. The number of hydrogen-bond acceptors (Lipinski definition) is 2. The second kappa shape index (κ2) is 7.80. The zero-order valence-corrected chi connectivity index (χ0v) is 14.8. The van der Waals surface area contributed by atoms with Gasteiger partial charge < -0.3 is 10.2 Å². The molecule has 3 rings (SSSR count). The van der Waals surface area contributed by atoms with Crippen LogP contribution in [0.15, 0.2) is 78.9 Å². The van der Waals surface area contributed by atoms with Crippen molar-refractivity contribution >= 4 is 26.6 Å². The fourth-order valence-electron chi connectivity index (χ4n) is 2.81. The molecule has 0 aliphatic carbocycles. The van der Waals surface area contributed by atoms with Gasteiger partial charge in [0.05, 0.1) is 20.6 Å². The molecule has 0 saturated carbocycles. The minimum Gasteiger partial charge on any atom is -0.478 e. The molecule has 3 aromatic carbocycles. The summed E-state index contributed by atoms with van der Waals surface area (Å²) in [6.07, 6.45) is 0. The first-order chi connectivity index (χ1) is 12.6. The summed E-state index contributed by atoms with van der Waals surface area (Å²) in [5, 5.41) is 19.3. The van der Waals surface area contributed by atoms with Crippen LogP contribution < -0.4 is 5.19 Å². The zero-order chi connectivity index (χ0) is 18.5. The van der Waals surface area contributed by atoms with E-state index in [4.69, 9.17) is 0 Å². The molecule has 2 radical (unpaired) electrons. The van der Waals surface area contributed by atoms with Crippen LogP contribution in [0, 0.1) is 0 Å². The molecule has 0 bridgehead atoms. The van der Waals surface area contributed by atoms with Gasteiger partial charge in [0.1, 0.15) is 0 Å². The van der Waals surface area contributed by atoms with E-state index in [0.717, 1.165) is 16.3 Å². The van der Waals surface area contributed by atoms with Gasteiger partial charge in [-0.2, -0.15) is 0 Å². The van der Waals surface area contributed by atoms with Crippen molar-refractivity contribution < 1.29 is 19.8 Å². The summed E-state index contributed by atoms with van der Waals surface area (Å²) in [7, 11) is 0.273. The Morgan fingerprint density at radius 3 is 1.65 bits per heavy atom. The smallest absolute Gasteiger partial charge is 0.336 e. The highest BCUT2D eigenvalue weighted by molar-refractivity contribution is 6.56. The Hall–Kier alpha value is -3.18. The first kappa shape index (κ1) is 17.6. The number of benzene rings is 3. The lowest BCUT2D eigenvalue weighted by Crippen LogP contribution is -2.25. The summed E-state index contributed by atoms with van der Waals surface area (Å²) in [6, 6.07) is 24.6. The molecule has 0 atom stereocenters. The average molecular weight is 360 g/mol. The van der Waals surface area contributed by atoms with Crippen LogP contribution in [-0.4, -0.2) is 31.7 Å². The summed E-state index contributed by atoms with van der Waals surface area (Å²) in [6.45, 7) is 0. The van der Waals surface area contributed by atoms with Crippen molar-refractivity contribution in [2.45, 2.75) is 5.54 Å². The van der Waals surface area contributed by atoms with Crippen LogP contribution in [0.2, 0.25) is 0 Å². The summed E-state index contributed by atoms with van der Waals surface area (Å²) in [5.74, 6) is -2.47. The highest BCUT2D eigenvalue weighted by Gasteiger charge is 2.20. The lowest BCUT2D eigenvalue weighted by molar-refractivity contribution is 0.0651. The van der Waals surface area contributed by atoms with Crippen LogP contribution in [0.3, 0.4) is 0 Å². The van der Waals surface area contributed by atoms with Gasteiger partial charge in [0.25, 0.3) is 0 Å². The molecule has 3 aromatic rings. The van der Waals surface area contributed by atoms with E-state index in [0.29, 0.717) is 0 Å². The second-order valence-corrected chi connectivity index (χ2v) is 7.21. The summed E-state index contributed by atoms with van der Waals surface area (Å²) >= 11 is 0. The van der Waals surface area contributed by atoms with Gasteiger partial charge in [-0.15, -0.1) is 0 Å². The maximum absolute atomic E-state index is 11.4. The van der Waals surface area contributed by atoms with Crippen LogP contribution in [0.4, 0.5) is 0 Å². The Labute approximate surface area is 153 Å². The molecule has 5 heteroatoms. The molecular formula is C21H16O4Si. The first-order valence-electron chi connectivity index (χ1n) is 8.03. The zero-order valence-electron chi connectivity index (χ0n) is 13.8. The summed E-state index contributed by atoms with van der Waals surface area (Å²) < 4.78 is 0. The summed E-state index contributed by atoms with van der Waals surface area (Å²) in [4.78, 5) is 22.7. The highest BCUT2D eigenvalue weighted by atomic mass is 28.2. The fourth-order valence-corrected chi connectivity index (χ4v) is 4.27. The van der Waals surface area contributed by atoms with Crippen LogP contribution in [0.5, 0.6) is 0 Å². The topological polar surface area (TPSA) is 74.6 Å². The monoisotopic (exact) mass is 360 g/mol. The molecule has 0 spiro atoms. The minimum absolute atomic E-state index is 0.0784. The lowest BCUT2D eigenvalue weighted by Gasteiger charge is -2.18. The maximum atomic E-state index is 11.4. The third kappa shape index (κ3) is 3.89. The molecule has 0 aromatic heterocycles. The largest absolute Gasteiger partial charge is 0.478 e. The van der Waals surface area contributed by atoms with E-state index in [2.05, 4.69) is 0 Å². The van der Waals surface area contributed by atoms with E-state index >= 15 is 0 Å². The van der Waals surface area contributed by atoms with E-state index in [1.807, 2.05) is 60.7 Å². The van der Waals surface area contributed by atoms with Gasteiger partial charge in [0.15, 0.2) is 0 Å². The first-order valence-corrected chi connectivity index (χ1v) is 9.11. The van der Waals surface area contributed by atoms with Crippen molar-refractivity contribution in [1.29, 1.82) is 0 Å². The van der Waals surface area contributed by atoms with Gasteiger partial charge in [-0.25, -0.2) is 9.59 Å². The minimum atomic E-state index is -1.24. The van der Waals surface area contributed by atoms with Crippen LogP contribution in [0.1, 0.15) is 37.4 Å². The van der Waals surface area contributed by atoms with E-state index in [-0.39, 0.29) is 26.2 Å². The van der Waals surface area contributed by atoms with Gasteiger partial charge in [-0.05, 0) is 23.3 Å². The van der Waals surface area contributed by atoms with E-state index < -0.39 is 11.9 Å². The molecule has 0 amide bonds. The number of rotatable bonds is 6. The van der Waals surface area contributed by atoms with Gasteiger partial charge >= 0.3 is 11.9 Å². The van der Waals surface area contributed by atoms with Crippen LogP contribution in [0.25, 0.3) is 0 Å². The average Bonchev–Trinajstić information content (AvgIpc) is 2.67. The third-order valence-corrected chi connectivity index (χ3v) is 5.66. The summed E-state index contributed by atoms with van der Waals surface area (Å²) in [5.41, 5.74) is 1.98. The predicted molar refractivity (Wildman–Crippen MR) is 100 cm³/mol. The Morgan fingerprint density at radius 2 is 1.19 bits per heavy atom. The molecule has 26 heavy (non-hydrogen) atoms. The molecule has 0 fully saturated rings. The van der Waals surface area contributed by atoms with Gasteiger partial charge in [0.2, 0.25) is 0 Å². The van der Waals surface area contributed by atoms with Crippen molar-refractivity contribution in [3.8, 4) is 0 Å². The van der Waals surface area contributed by atoms with E-state index in [9.17, 15) is 19.8 Å². The molecule has 0 saturated heterocycles. The van der Waals surface area contributed by atoms with Crippen molar-refractivity contribution in [3.05, 3.63) is 101 Å². The molecule has 0 heterocycles. The Bertz CT molecular complexity index is 884. The Kier molecular flexibility index (Phi) is 5.29. The fraction of sp³-hybridized carbons (Fsp3) is 0.0476. The quantitative estimate of drug-likeness (QED) is 0.662. The number of carbonyl (C=O) groups is 2. The third-order valence-electron chi connectivity index (χ3n) is 4.06. The van der Waals surface area contributed by atoms with Gasteiger partial charge in [-0.1, -0.05) is 71.9 Å². The molecule has 128 valence electrons. The second-order valence-electron chi connectivity index (χ2n) is 5.77. The molecule has 0 aliphatic heterocycles. The van der Waals surface area contributed by atoms with Crippen molar-refractivity contribution in [3.63, 3.8) is 0 Å². The maximum Gasteiger partial charge on any atom is 0.336 e. The van der Waals surface area contributed by atoms with E-state index in [1.165, 1.54) is 12.1 Å². The molecular weight excluding hydrogens is 344 g/mol. The van der Waals surface area contributed by atoms with E-state index in [1.54, 1.807) is 6.07 Å². The number of carboxylic acid groups (broad SMARTS) is 2. The molecule has 4 nitrogen and oxygen atoms in total. The number of aromatic carboxylic acids is 2. The normalized spacial score (nSPS) is 10.7. The SMILES string of the molecule is O=C(O)c1ccc([Si]C(c2ccccc2)c2ccccc2)cc1C(=O)O. The van der Waals surface area contributed by atoms with Crippen LogP contribution in [-0.2, 0) is 0 Å². The highest BCUT2D eigenvalue weighted by Crippen LogP contribution is 2.23. The molecule has 2 N–H and O–H groups in total. The standard InChI is InChI=1S/C21H16O4Si/c22-20(23)17-12-11-16(13-18(17)21(24)25)26-19(14-7-3-1-4-8-14)15-9-5-2-6-10-15/h1-13,19H,(H,22,23)(H,24,25). The van der Waals surface area contributed by atoms with Crippen LogP contribution >= 0.6 is 0 Å². The Balaban J connectivity index is 2.01. The van der Waals surface area contributed by atoms with Gasteiger partial charge in [0, 0.05) is 5.54 Å². The Morgan fingerprint density at radius 1 is 0.692 bits per heavy atom. The number of hydrogen-bond donors (Lipinski definition) is 2. The molecule has 0 unspecified atom stereocenters. The van der Waals surface area contributed by atoms with Gasteiger partial charge in [-0.3, -0.25) is 0 Å². The number of carboxylic acids is 2. The van der Waals surface area contributed by atoms with Crippen molar-refractivity contribution in [2.24, 2.45) is 0 Å². The molecule has 0 aliphatic rings. The lowest BCUT2D eigenvalue weighted by atomic mass is 10.0.